The molecule has 5 nitrogen and oxygen atoms in total. The number of hydrogen-bond donors (Lipinski definition) is 1. The molecule has 0 fully saturated rings. The summed E-state index contributed by atoms with van der Waals surface area (Å²) in [6, 6.07) is 8.97. The molecule has 1 atom stereocenters. The van der Waals surface area contributed by atoms with Gasteiger partial charge in [-0.3, -0.25) is 0 Å². The maximum Gasteiger partial charge on any atom is 0.146 e. The van der Waals surface area contributed by atoms with Crippen LogP contribution in [-0.2, 0) is 6.54 Å². The molecular formula is C16H23N5. The molecule has 112 valence electrons. The maximum atomic E-state index is 5.77. The average molecular weight is 285 g/mol. The van der Waals surface area contributed by atoms with Crippen LogP contribution < -0.4 is 10.6 Å². The van der Waals surface area contributed by atoms with Gasteiger partial charge in [-0.25, -0.2) is 9.67 Å². The zero-order valence-electron chi connectivity index (χ0n) is 12.7. The number of rotatable bonds is 5. The van der Waals surface area contributed by atoms with Crippen LogP contribution >= 0.6 is 0 Å². The smallest absolute Gasteiger partial charge is 0.146 e. The number of aromatic nitrogens is 3. The Hall–Kier alpha value is -1.88. The van der Waals surface area contributed by atoms with Gasteiger partial charge in [0.15, 0.2) is 0 Å². The van der Waals surface area contributed by atoms with Crippen LogP contribution in [0.4, 0.5) is 5.69 Å². The minimum absolute atomic E-state index is 0.334. The van der Waals surface area contributed by atoms with Crippen LogP contribution in [0.25, 0.3) is 0 Å². The van der Waals surface area contributed by atoms with Gasteiger partial charge in [0.2, 0.25) is 0 Å². The molecule has 0 amide bonds. The fraction of sp³-hybridized carbons (Fsp3) is 0.500. The molecule has 1 aromatic carbocycles. The lowest BCUT2D eigenvalue weighted by Gasteiger charge is -2.20. The number of hydrogen-bond acceptors (Lipinski definition) is 4. The van der Waals surface area contributed by atoms with E-state index >= 15 is 0 Å². The van der Waals surface area contributed by atoms with Crippen LogP contribution in [-0.4, -0.2) is 27.9 Å². The standard InChI is InChI=1S/C16H23N5/c1-12(2)21-16(18-11-19-21)10-20-9-13(7-8-17)14-5-3-4-6-15(14)20/h3-6,11-13H,7-10,17H2,1-2H3. The highest BCUT2D eigenvalue weighted by Crippen LogP contribution is 2.38. The predicted octanol–water partition coefficient (Wildman–Crippen LogP) is 2.31. The number of nitrogens with zero attached hydrogens (tertiary/aromatic N) is 4. The Morgan fingerprint density at radius 3 is 2.90 bits per heavy atom. The van der Waals surface area contributed by atoms with Crippen molar-refractivity contribution in [1.29, 1.82) is 0 Å². The predicted molar refractivity (Wildman–Crippen MR) is 84.3 cm³/mol. The maximum absolute atomic E-state index is 5.77. The monoisotopic (exact) mass is 285 g/mol. The lowest BCUT2D eigenvalue weighted by atomic mass is 9.98. The highest BCUT2D eigenvalue weighted by molar-refractivity contribution is 5.60. The van der Waals surface area contributed by atoms with Gasteiger partial charge < -0.3 is 10.6 Å². The molecule has 5 heteroatoms. The highest BCUT2D eigenvalue weighted by Gasteiger charge is 2.28. The highest BCUT2D eigenvalue weighted by atomic mass is 15.4. The first-order chi connectivity index (χ1) is 10.2. The summed E-state index contributed by atoms with van der Waals surface area (Å²) in [6.45, 7) is 6.81. The van der Waals surface area contributed by atoms with Gasteiger partial charge in [-0.15, -0.1) is 0 Å². The van der Waals surface area contributed by atoms with Crippen molar-refractivity contribution in [1.82, 2.24) is 14.8 Å². The molecule has 0 spiro atoms. The summed E-state index contributed by atoms with van der Waals surface area (Å²) >= 11 is 0. The van der Waals surface area contributed by atoms with E-state index in [2.05, 4.69) is 53.1 Å². The molecule has 0 bridgehead atoms. The Morgan fingerprint density at radius 2 is 2.14 bits per heavy atom. The van der Waals surface area contributed by atoms with Crippen LogP contribution in [0, 0.1) is 0 Å². The quantitative estimate of drug-likeness (QED) is 0.916. The third kappa shape index (κ3) is 2.65. The van der Waals surface area contributed by atoms with Crippen LogP contribution in [0.5, 0.6) is 0 Å². The molecule has 2 N–H and O–H groups in total. The molecule has 2 heterocycles. The minimum Gasteiger partial charge on any atom is -0.363 e. The van der Waals surface area contributed by atoms with Crippen molar-refractivity contribution in [3.05, 3.63) is 42.0 Å². The van der Waals surface area contributed by atoms with Crippen molar-refractivity contribution in [2.75, 3.05) is 18.0 Å². The van der Waals surface area contributed by atoms with Crippen molar-refractivity contribution >= 4 is 5.69 Å². The van der Waals surface area contributed by atoms with Crippen molar-refractivity contribution in [2.24, 2.45) is 5.73 Å². The summed E-state index contributed by atoms with van der Waals surface area (Å²) in [5.74, 6) is 1.55. The van der Waals surface area contributed by atoms with Gasteiger partial charge in [0, 0.05) is 24.2 Å². The SMILES string of the molecule is CC(C)n1ncnc1CN1CC(CCN)c2ccccc21. The summed E-state index contributed by atoms with van der Waals surface area (Å²) in [4.78, 5) is 6.83. The van der Waals surface area contributed by atoms with E-state index in [1.165, 1.54) is 11.3 Å². The van der Waals surface area contributed by atoms with E-state index in [0.717, 1.165) is 31.9 Å². The van der Waals surface area contributed by atoms with Crippen molar-refractivity contribution in [2.45, 2.75) is 38.8 Å². The molecular weight excluding hydrogens is 262 g/mol. The lowest BCUT2D eigenvalue weighted by Crippen LogP contribution is -2.25. The van der Waals surface area contributed by atoms with Crippen molar-refractivity contribution in [3.8, 4) is 0 Å². The van der Waals surface area contributed by atoms with Crippen LogP contribution in [0.15, 0.2) is 30.6 Å². The van der Waals surface area contributed by atoms with Gasteiger partial charge in [0.25, 0.3) is 0 Å². The van der Waals surface area contributed by atoms with Gasteiger partial charge in [0.1, 0.15) is 12.2 Å². The summed E-state index contributed by atoms with van der Waals surface area (Å²) in [6.07, 6.45) is 2.68. The zero-order valence-corrected chi connectivity index (χ0v) is 12.7. The largest absolute Gasteiger partial charge is 0.363 e. The summed E-state index contributed by atoms with van der Waals surface area (Å²) in [5, 5.41) is 4.33. The molecule has 0 saturated heterocycles. The molecule has 21 heavy (non-hydrogen) atoms. The fourth-order valence-corrected chi connectivity index (χ4v) is 3.17. The van der Waals surface area contributed by atoms with E-state index in [-0.39, 0.29) is 0 Å². The Balaban J connectivity index is 1.85. The minimum atomic E-state index is 0.334. The van der Waals surface area contributed by atoms with Gasteiger partial charge >= 0.3 is 0 Å². The van der Waals surface area contributed by atoms with E-state index in [4.69, 9.17) is 5.73 Å². The zero-order chi connectivity index (χ0) is 14.8. The molecule has 0 saturated carbocycles. The second-order valence-corrected chi connectivity index (χ2v) is 5.93. The number of fused-ring (bicyclic) bond motifs is 1. The lowest BCUT2D eigenvalue weighted by molar-refractivity contribution is 0.500. The van der Waals surface area contributed by atoms with Crippen LogP contribution in [0.1, 0.15) is 43.6 Å². The molecule has 3 rings (SSSR count). The van der Waals surface area contributed by atoms with Gasteiger partial charge in [-0.2, -0.15) is 5.10 Å². The summed E-state index contributed by atoms with van der Waals surface area (Å²) < 4.78 is 2.00. The van der Waals surface area contributed by atoms with Crippen LogP contribution in [0.3, 0.4) is 0 Å². The summed E-state index contributed by atoms with van der Waals surface area (Å²) in [5.41, 5.74) is 8.50. The second kappa shape index (κ2) is 5.85. The number of anilines is 1. The second-order valence-electron chi connectivity index (χ2n) is 5.93. The molecule has 1 aromatic heterocycles. The third-order valence-corrected chi connectivity index (χ3v) is 4.14. The molecule has 1 unspecified atom stereocenters. The Labute approximate surface area is 125 Å². The van der Waals surface area contributed by atoms with E-state index in [0.29, 0.717) is 12.0 Å². The van der Waals surface area contributed by atoms with Crippen molar-refractivity contribution < 1.29 is 0 Å². The molecule has 2 aromatic rings. The molecule has 1 aliphatic rings. The third-order valence-electron chi connectivity index (χ3n) is 4.14. The van der Waals surface area contributed by atoms with Gasteiger partial charge in [-0.05, 0) is 38.4 Å². The summed E-state index contributed by atoms with van der Waals surface area (Å²) in [7, 11) is 0. The van der Waals surface area contributed by atoms with Crippen LogP contribution in [0.2, 0.25) is 0 Å². The number of benzene rings is 1. The first-order valence-electron chi connectivity index (χ1n) is 7.63. The Morgan fingerprint density at radius 1 is 1.33 bits per heavy atom. The Bertz CT molecular complexity index is 604. The number of nitrogens with two attached hydrogens (primary N) is 1. The van der Waals surface area contributed by atoms with Crippen molar-refractivity contribution in [3.63, 3.8) is 0 Å². The molecule has 1 aliphatic heterocycles. The first kappa shape index (κ1) is 14.1. The Kier molecular flexibility index (Phi) is 3.92. The van der Waals surface area contributed by atoms with Gasteiger partial charge in [-0.1, -0.05) is 18.2 Å². The van der Waals surface area contributed by atoms with E-state index in [9.17, 15) is 0 Å². The average Bonchev–Trinajstić information content (AvgIpc) is 3.06. The fourth-order valence-electron chi connectivity index (χ4n) is 3.17. The van der Waals surface area contributed by atoms with E-state index in [1.807, 2.05) is 4.68 Å². The van der Waals surface area contributed by atoms with Gasteiger partial charge in [0.05, 0.1) is 6.54 Å². The van der Waals surface area contributed by atoms with E-state index in [1.54, 1.807) is 6.33 Å². The first-order valence-corrected chi connectivity index (χ1v) is 7.63. The molecule has 0 radical (unpaired) electrons. The van der Waals surface area contributed by atoms with E-state index < -0.39 is 0 Å². The molecule has 0 aliphatic carbocycles. The topological polar surface area (TPSA) is 60.0 Å². The normalized spacial score (nSPS) is 17.5. The number of para-hydroxylation sites is 1.